The van der Waals surface area contributed by atoms with E-state index in [-0.39, 0.29) is 11.3 Å². The van der Waals surface area contributed by atoms with E-state index >= 15 is 0 Å². The zero-order valence-corrected chi connectivity index (χ0v) is 15.4. The summed E-state index contributed by atoms with van der Waals surface area (Å²) in [5, 5.41) is 11.9. The summed E-state index contributed by atoms with van der Waals surface area (Å²) in [5.74, 6) is -2.11. The fourth-order valence-electron chi connectivity index (χ4n) is 2.56. The van der Waals surface area contributed by atoms with Gasteiger partial charge in [0.25, 0.3) is 5.91 Å². The van der Waals surface area contributed by atoms with E-state index in [1.165, 1.54) is 19.2 Å². The van der Waals surface area contributed by atoms with Crippen molar-refractivity contribution in [3.05, 3.63) is 59.4 Å². The van der Waals surface area contributed by atoms with Gasteiger partial charge in [-0.3, -0.25) is 4.79 Å². The van der Waals surface area contributed by atoms with Crippen LogP contribution in [0.3, 0.4) is 0 Å². The van der Waals surface area contributed by atoms with Crippen LogP contribution in [-0.2, 0) is 9.59 Å². The number of carbonyl (C=O) groups excluding carboxylic acids is 1. The third kappa shape index (κ3) is 5.20. The average molecular weight is 375 g/mol. The van der Waals surface area contributed by atoms with E-state index < -0.39 is 29.8 Å². The Labute approximate surface area is 156 Å². The lowest BCUT2D eigenvalue weighted by atomic mass is 10.1. The predicted molar refractivity (Wildman–Crippen MR) is 97.4 cm³/mol. The lowest BCUT2D eigenvalue weighted by molar-refractivity contribution is -0.143. The van der Waals surface area contributed by atoms with Gasteiger partial charge in [0, 0.05) is 0 Å². The van der Waals surface area contributed by atoms with Gasteiger partial charge in [-0.05, 0) is 48.7 Å². The fraction of sp³-hybridized carbons (Fsp3) is 0.300. The van der Waals surface area contributed by atoms with E-state index in [0.717, 1.165) is 11.6 Å². The maximum atomic E-state index is 13.9. The second kappa shape index (κ2) is 9.02. The van der Waals surface area contributed by atoms with Crippen LogP contribution in [0.15, 0.2) is 42.5 Å². The number of carbonyl (C=O) groups is 2. The van der Waals surface area contributed by atoms with Gasteiger partial charge in [-0.2, -0.15) is 0 Å². The molecule has 0 bridgehead atoms. The number of aryl methyl sites for hydroxylation is 1. The van der Waals surface area contributed by atoms with Gasteiger partial charge in [0.1, 0.15) is 5.75 Å². The van der Waals surface area contributed by atoms with Crippen LogP contribution in [0, 0.1) is 12.7 Å². The third-order valence-corrected chi connectivity index (χ3v) is 3.97. The fourth-order valence-corrected chi connectivity index (χ4v) is 2.56. The molecule has 2 atom stereocenters. The summed E-state index contributed by atoms with van der Waals surface area (Å²) < 4.78 is 24.4. The van der Waals surface area contributed by atoms with Crippen LogP contribution in [0.25, 0.3) is 0 Å². The molecule has 7 heteroatoms. The van der Waals surface area contributed by atoms with Crippen LogP contribution in [0.4, 0.5) is 4.39 Å². The number of hydrogen-bond donors (Lipinski definition) is 2. The number of benzene rings is 2. The minimum atomic E-state index is -1.41. The van der Waals surface area contributed by atoms with E-state index in [4.69, 9.17) is 9.47 Å². The summed E-state index contributed by atoms with van der Waals surface area (Å²) >= 11 is 0. The third-order valence-electron chi connectivity index (χ3n) is 3.97. The van der Waals surface area contributed by atoms with Crippen LogP contribution < -0.4 is 14.8 Å². The molecule has 1 amide bonds. The first-order valence-corrected chi connectivity index (χ1v) is 8.45. The van der Waals surface area contributed by atoms with Gasteiger partial charge in [-0.15, -0.1) is 0 Å². The Hall–Kier alpha value is -3.09. The lowest BCUT2D eigenvalue weighted by Crippen LogP contribution is -2.42. The predicted octanol–water partition coefficient (Wildman–Crippen LogP) is 3.24. The van der Waals surface area contributed by atoms with Crippen LogP contribution in [0.2, 0.25) is 0 Å². The number of ether oxygens (including phenoxy) is 2. The van der Waals surface area contributed by atoms with Gasteiger partial charge in [-0.1, -0.05) is 25.1 Å². The Morgan fingerprint density at radius 3 is 2.52 bits per heavy atom. The number of methoxy groups -OCH3 is 1. The second-order valence-electron chi connectivity index (χ2n) is 6.01. The second-order valence-corrected chi connectivity index (χ2v) is 6.01. The number of carboxylic acid groups (broad SMARTS) is 1. The number of nitrogens with one attached hydrogen (secondary N) is 1. The molecule has 0 spiro atoms. The summed E-state index contributed by atoms with van der Waals surface area (Å²) in [7, 11) is 1.31. The molecule has 0 fully saturated rings. The summed E-state index contributed by atoms with van der Waals surface area (Å²) in [6.07, 6.45) is -0.542. The molecule has 2 rings (SSSR count). The maximum absolute atomic E-state index is 13.9. The van der Waals surface area contributed by atoms with E-state index in [9.17, 15) is 19.1 Å². The van der Waals surface area contributed by atoms with Gasteiger partial charge in [0.2, 0.25) is 0 Å². The standard InChI is InChI=1S/C20H22FNO5/c1-4-16(27-14-7-5-6-12(2)10-14)19(23)22-18(20(24)25)13-8-9-17(26-3)15(21)11-13/h5-11,16,18H,4H2,1-3H3,(H,22,23)(H,24,25). The number of hydrogen-bond acceptors (Lipinski definition) is 4. The zero-order chi connectivity index (χ0) is 20.0. The smallest absolute Gasteiger partial charge is 0.330 e. The highest BCUT2D eigenvalue weighted by Crippen LogP contribution is 2.23. The molecule has 0 saturated heterocycles. The van der Waals surface area contributed by atoms with Crippen molar-refractivity contribution in [1.29, 1.82) is 0 Å². The molecular weight excluding hydrogens is 353 g/mol. The van der Waals surface area contributed by atoms with Gasteiger partial charge in [0.15, 0.2) is 23.7 Å². The van der Waals surface area contributed by atoms with Crippen LogP contribution in [-0.4, -0.2) is 30.2 Å². The Kier molecular flexibility index (Phi) is 6.76. The van der Waals surface area contributed by atoms with E-state index in [1.807, 2.05) is 13.0 Å². The van der Waals surface area contributed by atoms with Crippen molar-refractivity contribution in [2.45, 2.75) is 32.4 Å². The average Bonchev–Trinajstić information content (AvgIpc) is 2.63. The maximum Gasteiger partial charge on any atom is 0.330 e. The molecule has 2 unspecified atom stereocenters. The van der Waals surface area contributed by atoms with Crippen LogP contribution in [0.5, 0.6) is 11.5 Å². The highest BCUT2D eigenvalue weighted by molar-refractivity contribution is 5.87. The molecule has 6 nitrogen and oxygen atoms in total. The van der Waals surface area contributed by atoms with Crippen molar-refractivity contribution < 1.29 is 28.6 Å². The Bertz CT molecular complexity index is 824. The normalized spacial score (nSPS) is 12.7. The SMILES string of the molecule is CCC(Oc1cccc(C)c1)C(=O)NC(C(=O)O)c1ccc(OC)c(F)c1. The molecule has 144 valence electrons. The first-order chi connectivity index (χ1) is 12.8. The van der Waals surface area contributed by atoms with Gasteiger partial charge >= 0.3 is 5.97 Å². The van der Waals surface area contributed by atoms with Crippen LogP contribution in [0.1, 0.15) is 30.5 Å². The van der Waals surface area contributed by atoms with Gasteiger partial charge < -0.3 is 19.9 Å². The van der Waals surface area contributed by atoms with Crippen molar-refractivity contribution in [3.63, 3.8) is 0 Å². The molecular formula is C20H22FNO5. The largest absolute Gasteiger partial charge is 0.494 e. The molecule has 27 heavy (non-hydrogen) atoms. The van der Waals surface area contributed by atoms with E-state index in [1.54, 1.807) is 25.1 Å². The highest BCUT2D eigenvalue weighted by Gasteiger charge is 2.27. The zero-order valence-electron chi connectivity index (χ0n) is 15.4. The molecule has 0 aliphatic rings. The van der Waals surface area contributed by atoms with Crippen molar-refractivity contribution >= 4 is 11.9 Å². The van der Waals surface area contributed by atoms with Gasteiger partial charge in [0.05, 0.1) is 7.11 Å². The minimum Gasteiger partial charge on any atom is -0.494 e. The Morgan fingerprint density at radius 2 is 1.96 bits per heavy atom. The monoisotopic (exact) mass is 375 g/mol. The molecule has 0 aromatic heterocycles. The number of rotatable bonds is 8. The van der Waals surface area contributed by atoms with Crippen molar-refractivity contribution in [2.75, 3.05) is 7.11 Å². The minimum absolute atomic E-state index is 0.0107. The van der Waals surface area contributed by atoms with Gasteiger partial charge in [-0.25, -0.2) is 9.18 Å². The number of aliphatic carboxylic acids is 1. The van der Waals surface area contributed by atoms with Crippen molar-refractivity contribution in [3.8, 4) is 11.5 Å². The molecule has 0 saturated carbocycles. The molecule has 0 heterocycles. The van der Waals surface area contributed by atoms with Crippen molar-refractivity contribution in [1.82, 2.24) is 5.32 Å². The molecule has 0 aliphatic heterocycles. The molecule has 2 N–H and O–H groups in total. The molecule has 0 radical (unpaired) electrons. The summed E-state index contributed by atoms with van der Waals surface area (Å²) in [4.78, 5) is 24.1. The Morgan fingerprint density at radius 1 is 1.22 bits per heavy atom. The summed E-state index contributed by atoms with van der Waals surface area (Å²) in [5.41, 5.74) is 1.07. The summed E-state index contributed by atoms with van der Waals surface area (Å²) in [6, 6.07) is 9.52. The topological polar surface area (TPSA) is 84.9 Å². The number of halogens is 1. The Balaban J connectivity index is 2.17. The quantitative estimate of drug-likeness (QED) is 0.740. The first kappa shape index (κ1) is 20.2. The molecule has 2 aromatic carbocycles. The lowest BCUT2D eigenvalue weighted by Gasteiger charge is -2.21. The van der Waals surface area contributed by atoms with E-state index in [0.29, 0.717) is 12.2 Å². The number of amides is 1. The van der Waals surface area contributed by atoms with Crippen molar-refractivity contribution in [2.24, 2.45) is 0 Å². The first-order valence-electron chi connectivity index (χ1n) is 8.45. The molecule has 0 aliphatic carbocycles. The van der Waals surface area contributed by atoms with Crippen LogP contribution >= 0.6 is 0 Å². The molecule has 2 aromatic rings. The summed E-state index contributed by atoms with van der Waals surface area (Å²) in [6.45, 7) is 3.65. The highest BCUT2D eigenvalue weighted by atomic mass is 19.1. The number of carboxylic acids is 1. The van der Waals surface area contributed by atoms with E-state index in [2.05, 4.69) is 5.32 Å².